The Labute approximate surface area is 150 Å². The number of imidazole rings is 1. The molecule has 4 fully saturated rings. The van der Waals surface area contributed by atoms with E-state index >= 15 is 0 Å². The van der Waals surface area contributed by atoms with Gasteiger partial charge in [0.15, 0.2) is 10.1 Å². The fraction of sp³-hybridized carbons (Fsp3) is 0.556. The van der Waals surface area contributed by atoms with Crippen molar-refractivity contribution in [2.24, 2.45) is 17.8 Å². The van der Waals surface area contributed by atoms with Crippen LogP contribution in [0, 0.1) is 17.8 Å². The van der Waals surface area contributed by atoms with Crippen LogP contribution in [0.2, 0.25) is 5.15 Å². The molecule has 2 atom stereocenters. The molecule has 126 valence electrons. The quantitative estimate of drug-likeness (QED) is 0.755. The van der Waals surface area contributed by atoms with E-state index in [0.717, 1.165) is 29.0 Å². The lowest BCUT2D eigenvalue weighted by molar-refractivity contribution is -0.128. The van der Waals surface area contributed by atoms with Crippen LogP contribution in [-0.2, 0) is 4.79 Å². The molecule has 1 amide bonds. The third-order valence-corrected chi connectivity index (χ3v) is 7.06. The maximum atomic E-state index is 12.9. The van der Waals surface area contributed by atoms with Crippen LogP contribution < -0.4 is 0 Å². The van der Waals surface area contributed by atoms with Crippen LogP contribution in [0.25, 0.3) is 11.0 Å². The molecule has 4 heterocycles. The summed E-state index contributed by atoms with van der Waals surface area (Å²) in [6.45, 7) is 0.939. The van der Waals surface area contributed by atoms with E-state index < -0.39 is 0 Å². The van der Waals surface area contributed by atoms with Crippen LogP contribution >= 0.6 is 22.9 Å². The van der Waals surface area contributed by atoms with E-state index in [1.165, 1.54) is 32.1 Å². The van der Waals surface area contributed by atoms with Crippen LogP contribution in [0.3, 0.4) is 0 Å². The first-order chi connectivity index (χ1) is 11.7. The second-order valence-electron chi connectivity index (χ2n) is 7.60. The minimum absolute atomic E-state index is 0.134. The van der Waals surface area contributed by atoms with E-state index in [-0.39, 0.29) is 5.91 Å². The zero-order valence-electron chi connectivity index (χ0n) is 13.4. The lowest BCUT2D eigenvalue weighted by Crippen LogP contribution is -2.41. The Bertz CT molecular complexity index is 811. The highest BCUT2D eigenvalue weighted by Crippen LogP contribution is 2.47. The molecule has 2 unspecified atom stereocenters. The van der Waals surface area contributed by atoms with Gasteiger partial charge in [-0.25, -0.2) is 4.98 Å². The third-order valence-electron chi connectivity index (χ3n) is 6.03. The Balaban J connectivity index is 1.40. The average Bonchev–Trinajstić information content (AvgIpc) is 3.03. The first kappa shape index (κ1) is 15.0. The summed E-state index contributed by atoms with van der Waals surface area (Å²) in [4.78, 5) is 20.2. The SMILES string of the molecule is O=C(/C=C/c1c(Cl)nc2sccn12)N1CC2CC3CC(C2)CC1C3. The molecule has 2 saturated heterocycles. The average molecular weight is 362 g/mol. The lowest BCUT2D eigenvalue weighted by atomic mass is 9.68. The first-order valence-corrected chi connectivity index (χ1v) is 10.0. The van der Waals surface area contributed by atoms with Crippen molar-refractivity contribution in [3.63, 3.8) is 0 Å². The van der Waals surface area contributed by atoms with Crippen LogP contribution in [-0.4, -0.2) is 32.8 Å². The van der Waals surface area contributed by atoms with E-state index in [1.54, 1.807) is 17.4 Å². The number of aromatic nitrogens is 2. The normalized spacial score (nSPS) is 32.1. The topological polar surface area (TPSA) is 37.6 Å². The highest BCUT2D eigenvalue weighted by atomic mass is 35.5. The number of amides is 1. The number of carbonyl (C=O) groups is 1. The summed E-state index contributed by atoms with van der Waals surface area (Å²) in [6, 6.07) is 0.445. The van der Waals surface area contributed by atoms with Gasteiger partial charge in [0.1, 0.15) is 0 Å². The van der Waals surface area contributed by atoms with Crippen molar-refractivity contribution < 1.29 is 4.79 Å². The Morgan fingerprint density at radius 3 is 2.75 bits per heavy atom. The molecule has 2 aromatic heterocycles. The number of fused-ring (bicyclic) bond motifs is 2. The molecular weight excluding hydrogens is 342 g/mol. The van der Waals surface area contributed by atoms with Crippen molar-refractivity contribution in [2.45, 2.75) is 38.1 Å². The Morgan fingerprint density at radius 2 is 1.96 bits per heavy atom. The molecule has 6 rings (SSSR count). The van der Waals surface area contributed by atoms with E-state index in [1.807, 2.05) is 22.1 Å². The van der Waals surface area contributed by atoms with Gasteiger partial charge < -0.3 is 4.90 Å². The number of rotatable bonds is 2. The van der Waals surface area contributed by atoms with Gasteiger partial charge in [0.05, 0.1) is 5.69 Å². The molecule has 6 heteroatoms. The standard InChI is InChI=1S/C18H20ClN3OS/c19-17-15(21-3-4-24-18(21)20-17)1-2-16(23)22-10-13-6-11-5-12(7-13)9-14(22)8-11/h1-4,11-14H,5-10H2/b2-1+. The molecule has 4 nitrogen and oxygen atoms in total. The predicted octanol–water partition coefficient (Wildman–Crippen LogP) is 4.10. The molecule has 0 aromatic carbocycles. The summed E-state index contributed by atoms with van der Waals surface area (Å²) in [7, 11) is 0. The number of thiazole rings is 1. The summed E-state index contributed by atoms with van der Waals surface area (Å²) >= 11 is 7.76. The van der Waals surface area contributed by atoms with Gasteiger partial charge in [-0.2, -0.15) is 0 Å². The second kappa shape index (κ2) is 5.60. The van der Waals surface area contributed by atoms with Crippen LogP contribution in [0.15, 0.2) is 17.7 Å². The molecule has 0 N–H and O–H groups in total. The fourth-order valence-electron chi connectivity index (χ4n) is 5.23. The molecule has 4 bridgehead atoms. The minimum atomic E-state index is 0.134. The van der Waals surface area contributed by atoms with Crippen molar-refractivity contribution >= 4 is 39.9 Å². The zero-order valence-corrected chi connectivity index (χ0v) is 15.0. The fourth-order valence-corrected chi connectivity index (χ4v) is 6.23. The molecule has 2 aliphatic carbocycles. The number of hydrogen-bond acceptors (Lipinski definition) is 3. The Kier molecular flexibility index (Phi) is 3.49. The van der Waals surface area contributed by atoms with Gasteiger partial charge in [-0.3, -0.25) is 9.20 Å². The molecular formula is C18H20ClN3OS. The third kappa shape index (κ3) is 2.40. The van der Waals surface area contributed by atoms with Gasteiger partial charge in [0.2, 0.25) is 5.91 Å². The van der Waals surface area contributed by atoms with Crippen molar-refractivity contribution in [1.29, 1.82) is 0 Å². The van der Waals surface area contributed by atoms with E-state index in [9.17, 15) is 4.79 Å². The second-order valence-corrected chi connectivity index (χ2v) is 8.83. The number of halogens is 1. The van der Waals surface area contributed by atoms with Gasteiger partial charge in [0.25, 0.3) is 0 Å². The van der Waals surface area contributed by atoms with Crippen molar-refractivity contribution in [1.82, 2.24) is 14.3 Å². The van der Waals surface area contributed by atoms with E-state index in [2.05, 4.69) is 9.88 Å². The molecule has 24 heavy (non-hydrogen) atoms. The van der Waals surface area contributed by atoms with Gasteiger partial charge in [-0.15, -0.1) is 11.3 Å². The molecule has 2 aromatic rings. The van der Waals surface area contributed by atoms with Gasteiger partial charge in [0, 0.05) is 30.2 Å². The van der Waals surface area contributed by atoms with Crippen LogP contribution in [0.5, 0.6) is 0 Å². The summed E-state index contributed by atoms with van der Waals surface area (Å²) in [5, 5.41) is 2.43. The molecule has 2 saturated carbocycles. The smallest absolute Gasteiger partial charge is 0.246 e. The van der Waals surface area contributed by atoms with Gasteiger partial charge >= 0.3 is 0 Å². The monoisotopic (exact) mass is 361 g/mol. The summed E-state index contributed by atoms with van der Waals surface area (Å²) in [6.07, 6.45) is 11.9. The number of nitrogens with zero attached hydrogens (tertiary/aromatic N) is 3. The zero-order chi connectivity index (χ0) is 16.3. The van der Waals surface area contributed by atoms with Crippen LogP contribution in [0.1, 0.15) is 37.8 Å². The molecule has 2 aliphatic heterocycles. The largest absolute Gasteiger partial charge is 0.336 e. The number of carbonyl (C=O) groups excluding carboxylic acids is 1. The minimum Gasteiger partial charge on any atom is -0.336 e. The predicted molar refractivity (Wildman–Crippen MR) is 96.2 cm³/mol. The summed E-state index contributed by atoms with van der Waals surface area (Å²) in [5.41, 5.74) is 0.793. The molecule has 0 radical (unpaired) electrons. The maximum Gasteiger partial charge on any atom is 0.246 e. The van der Waals surface area contributed by atoms with Crippen molar-refractivity contribution in [3.05, 3.63) is 28.5 Å². The highest BCUT2D eigenvalue weighted by molar-refractivity contribution is 7.15. The van der Waals surface area contributed by atoms with Crippen molar-refractivity contribution in [2.75, 3.05) is 6.54 Å². The van der Waals surface area contributed by atoms with E-state index in [4.69, 9.17) is 11.6 Å². The first-order valence-electron chi connectivity index (χ1n) is 8.77. The summed E-state index contributed by atoms with van der Waals surface area (Å²) < 4.78 is 1.94. The van der Waals surface area contributed by atoms with E-state index in [0.29, 0.717) is 17.1 Å². The van der Waals surface area contributed by atoms with Gasteiger partial charge in [-0.1, -0.05) is 11.6 Å². The number of hydrogen-bond donors (Lipinski definition) is 0. The summed E-state index contributed by atoms with van der Waals surface area (Å²) in [5.74, 6) is 2.54. The Hall–Kier alpha value is -1.33. The van der Waals surface area contributed by atoms with Crippen LogP contribution in [0.4, 0.5) is 0 Å². The highest BCUT2D eigenvalue weighted by Gasteiger charge is 2.43. The molecule has 4 aliphatic rings. The molecule has 0 spiro atoms. The maximum absolute atomic E-state index is 12.9. The van der Waals surface area contributed by atoms with Gasteiger partial charge in [-0.05, 0) is 55.9 Å². The Morgan fingerprint density at radius 1 is 1.21 bits per heavy atom. The lowest BCUT2D eigenvalue weighted by Gasteiger charge is -2.38. The van der Waals surface area contributed by atoms with Crippen molar-refractivity contribution in [3.8, 4) is 0 Å².